The van der Waals surface area contributed by atoms with Gasteiger partial charge in [-0.05, 0) is 43.4 Å². The van der Waals surface area contributed by atoms with Crippen LogP contribution in [-0.2, 0) is 0 Å². The molecule has 0 radical (unpaired) electrons. The van der Waals surface area contributed by atoms with Crippen LogP contribution >= 0.6 is 0 Å². The summed E-state index contributed by atoms with van der Waals surface area (Å²) in [6, 6.07) is 5.70. The molecule has 1 aliphatic heterocycles. The number of aliphatic hydroxyl groups is 1. The zero-order chi connectivity index (χ0) is 15.2. The molecule has 0 unspecified atom stereocenters. The number of benzene rings is 1. The zero-order valence-corrected chi connectivity index (χ0v) is 12.9. The molecular weight excluding hydrogens is 262 g/mol. The van der Waals surface area contributed by atoms with Crippen LogP contribution in [0.1, 0.15) is 47.7 Å². The highest BCUT2D eigenvalue weighted by Gasteiger charge is 2.23. The monoisotopic (exact) mass is 285 g/mol. The van der Waals surface area contributed by atoms with Gasteiger partial charge in [0.2, 0.25) is 0 Å². The molecule has 0 atom stereocenters. The van der Waals surface area contributed by atoms with Crippen LogP contribution < -0.4 is 0 Å². The van der Waals surface area contributed by atoms with Crippen LogP contribution in [0.3, 0.4) is 0 Å². The van der Waals surface area contributed by atoms with E-state index in [1.54, 1.807) is 0 Å². The van der Waals surface area contributed by atoms with Gasteiger partial charge < -0.3 is 10.0 Å². The van der Waals surface area contributed by atoms with Gasteiger partial charge in [-0.15, -0.1) is 0 Å². The lowest BCUT2D eigenvalue weighted by Crippen LogP contribution is -2.38. The lowest BCUT2D eigenvalue weighted by atomic mass is 9.93. The average molecular weight is 285 g/mol. The molecular formula is C18H23NO2. The molecule has 112 valence electrons. The minimum atomic E-state index is -0.191. The second-order valence-corrected chi connectivity index (χ2v) is 5.65. The van der Waals surface area contributed by atoms with Crippen molar-refractivity contribution in [1.82, 2.24) is 4.90 Å². The molecule has 0 saturated carbocycles. The van der Waals surface area contributed by atoms with Crippen LogP contribution in [0.25, 0.3) is 0 Å². The maximum atomic E-state index is 12.7. The maximum absolute atomic E-state index is 12.7. The zero-order valence-electron chi connectivity index (χ0n) is 12.9. The molecule has 21 heavy (non-hydrogen) atoms. The Morgan fingerprint density at radius 2 is 2.10 bits per heavy atom. The van der Waals surface area contributed by atoms with Gasteiger partial charge in [0.1, 0.15) is 6.61 Å². The van der Waals surface area contributed by atoms with Crippen LogP contribution in [-0.4, -0.2) is 35.6 Å². The summed E-state index contributed by atoms with van der Waals surface area (Å²) in [6.45, 7) is 5.66. The Hall–Kier alpha value is -1.79. The van der Waals surface area contributed by atoms with Crippen molar-refractivity contribution < 1.29 is 9.90 Å². The first-order valence-corrected chi connectivity index (χ1v) is 7.65. The van der Waals surface area contributed by atoms with E-state index < -0.39 is 0 Å². The molecule has 2 rings (SSSR count). The van der Waals surface area contributed by atoms with E-state index in [-0.39, 0.29) is 12.5 Å². The molecule has 0 aliphatic carbocycles. The molecule has 1 heterocycles. The fourth-order valence-corrected chi connectivity index (χ4v) is 2.80. The molecule has 0 bridgehead atoms. The molecule has 1 saturated heterocycles. The van der Waals surface area contributed by atoms with Gasteiger partial charge in [-0.1, -0.05) is 31.3 Å². The summed E-state index contributed by atoms with van der Waals surface area (Å²) in [4.78, 5) is 14.6. The molecule has 1 aromatic rings. The van der Waals surface area contributed by atoms with Crippen molar-refractivity contribution in [1.29, 1.82) is 0 Å². The lowest BCUT2D eigenvalue weighted by molar-refractivity contribution is 0.0688. The van der Waals surface area contributed by atoms with E-state index in [1.807, 2.05) is 30.0 Å². The van der Waals surface area contributed by atoms with Gasteiger partial charge in [-0.2, -0.15) is 0 Å². The van der Waals surface area contributed by atoms with Gasteiger partial charge in [-0.3, -0.25) is 4.79 Å². The number of piperidine rings is 1. The van der Waals surface area contributed by atoms with Crippen LogP contribution in [0.4, 0.5) is 0 Å². The molecule has 1 aliphatic rings. The summed E-state index contributed by atoms with van der Waals surface area (Å²) in [5.41, 5.74) is 2.43. The quantitative estimate of drug-likeness (QED) is 0.849. The minimum Gasteiger partial charge on any atom is -0.384 e. The fourth-order valence-electron chi connectivity index (χ4n) is 2.80. The molecule has 1 amide bonds. The molecule has 1 aromatic carbocycles. The summed E-state index contributed by atoms with van der Waals surface area (Å²) >= 11 is 0. The SMILES string of the molecule is CCC1CCN(C(=O)c2ccc(C)cc2C#CCO)CC1. The Bertz CT molecular complexity index is 560. The number of hydrogen-bond acceptors (Lipinski definition) is 2. The van der Waals surface area contributed by atoms with E-state index in [1.165, 1.54) is 6.42 Å². The number of carbonyl (C=O) groups excluding carboxylic acids is 1. The topological polar surface area (TPSA) is 40.5 Å². The van der Waals surface area contributed by atoms with E-state index in [0.29, 0.717) is 11.1 Å². The third-order valence-corrected chi connectivity index (χ3v) is 4.19. The van der Waals surface area contributed by atoms with E-state index in [4.69, 9.17) is 5.11 Å². The molecule has 1 N–H and O–H groups in total. The summed E-state index contributed by atoms with van der Waals surface area (Å²) < 4.78 is 0. The van der Waals surface area contributed by atoms with Gasteiger partial charge in [0.05, 0.1) is 5.56 Å². The molecule has 0 spiro atoms. The van der Waals surface area contributed by atoms with Crippen molar-refractivity contribution in [2.45, 2.75) is 33.1 Å². The summed E-state index contributed by atoms with van der Waals surface area (Å²) in [5, 5.41) is 8.86. The Labute approximate surface area is 127 Å². The standard InChI is InChI=1S/C18H23NO2/c1-3-15-8-10-19(11-9-15)18(21)17-7-6-14(2)13-16(17)5-4-12-20/h6-7,13,15,20H,3,8-12H2,1-2H3. The van der Waals surface area contributed by atoms with Gasteiger partial charge >= 0.3 is 0 Å². The highest BCUT2D eigenvalue weighted by atomic mass is 16.2. The highest BCUT2D eigenvalue weighted by molar-refractivity contribution is 5.97. The molecule has 3 heteroatoms. The Morgan fingerprint density at radius 1 is 1.38 bits per heavy atom. The smallest absolute Gasteiger partial charge is 0.255 e. The first-order valence-electron chi connectivity index (χ1n) is 7.65. The highest BCUT2D eigenvalue weighted by Crippen LogP contribution is 2.22. The van der Waals surface area contributed by atoms with Crippen molar-refractivity contribution in [2.75, 3.05) is 19.7 Å². The predicted octanol–water partition coefficient (Wildman–Crippen LogP) is 2.60. The Balaban J connectivity index is 2.19. The van der Waals surface area contributed by atoms with Gasteiger partial charge in [0, 0.05) is 18.7 Å². The van der Waals surface area contributed by atoms with Gasteiger partial charge in [0.25, 0.3) is 5.91 Å². The largest absolute Gasteiger partial charge is 0.384 e. The summed E-state index contributed by atoms with van der Waals surface area (Å²) in [5.74, 6) is 6.35. The molecule has 3 nitrogen and oxygen atoms in total. The van der Waals surface area contributed by atoms with Crippen LogP contribution in [0.15, 0.2) is 18.2 Å². The second-order valence-electron chi connectivity index (χ2n) is 5.65. The molecule has 0 aromatic heterocycles. The first-order chi connectivity index (χ1) is 10.2. The minimum absolute atomic E-state index is 0.0618. The van der Waals surface area contributed by atoms with E-state index in [9.17, 15) is 4.79 Å². The van der Waals surface area contributed by atoms with Gasteiger partial charge in [0.15, 0.2) is 0 Å². The Morgan fingerprint density at radius 3 is 2.71 bits per heavy atom. The van der Waals surface area contributed by atoms with Gasteiger partial charge in [-0.25, -0.2) is 0 Å². The third-order valence-electron chi connectivity index (χ3n) is 4.19. The maximum Gasteiger partial charge on any atom is 0.255 e. The second kappa shape index (κ2) is 7.28. The number of nitrogens with zero attached hydrogens (tertiary/aromatic N) is 1. The number of aliphatic hydroxyl groups excluding tert-OH is 1. The van der Waals surface area contributed by atoms with Crippen molar-refractivity contribution in [3.63, 3.8) is 0 Å². The average Bonchev–Trinajstić information content (AvgIpc) is 2.52. The van der Waals surface area contributed by atoms with E-state index >= 15 is 0 Å². The number of hydrogen-bond donors (Lipinski definition) is 1. The van der Waals surface area contributed by atoms with E-state index in [2.05, 4.69) is 18.8 Å². The predicted molar refractivity (Wildman–Crippen MR) is 84.1 cm³/mol. The normalized spacial score (nSPS) is 15.5. The number of rotatable bonds is 2. The Kier molecular flexibility index (Phi) is 5.41. The van der Waals surface area contributed by atoms with E-state index in [0.717, 1.165) is 37.4 Å². The summed E-state index contributed by atoms with van der Waals surface area (Å²) in [7, 11) is 0. The fraction of sp³-hybridized carbons (Fsp3) is 0.500. The molecule has 1 fully saturated rings. The van der Waals surface area contributed by atoms with Crippen molar-refractivity contribution in [3.05, 3.63) is 34.9 Å². The number of aryl methyl sites for hydroxylation is 1. The summed E-state index contributed by atoms with van der Waals surface area (Å²) in [6.07, 6.45) is 3.37. The van der Waals surface area contributed by atoms with Crippen molar-refractivity contribution in [2.24, 2.45) is 5.92 Å². The van der Waals surface area contributed by atoms with Crippen LogP contribution in [0.5, 0.6) is 0 Å². The third kappa shape index (κ3) is 3.86. The number of amides is 1. The van der Waals surface area contributed by atoms with Crippen molar-refractivity contribution in [3.8, 4) is 11.8 Å². The van der Waals surface area contributed by atoms with Crippen LogP contribution in [0.2, 0.25) is 0 Å². The van der Waals surface area contributed by atoms with Crippen LogP contribution in [0, 0.1) is 24.7 Å². The lowest BCUT2D eigenvalue weighted by Gasteiger charge is -2.31. The number of likely N-dealkylation sites (tertiary alicyclic amines) is 1. The first kappa shape index (κ1) is 15.6. The van der Waals surface area contributed by atoms with Crippen molar-refractivity contribution >= 4 is 5.91 Å². The number of carbonyl (C=O) groups is 1.